The number of thiophene rings is 2. The van der Waals surface area contributed by atoms with Crippen LogP contribution in [0.3, 0.4) is 0 Å². The predicted molar refractivity (Wildman–Crippen MR) is 133 cm³/mol. The summed E-state index contributed by atoms with van der Waals surface area (Å²) in [6.07, 6.45) is 2.90. The summed E-state index contributed by atoms with van der Waals surface area (Å²) in [6, 6.07) is 0. The molecule has 4 rings (SSSR count). The molecule has 0 aromatic carbocycles. The highest BCUT2D eigenvalue weighted by Gasteiger charge is 2.11. The fourth-order valence-electron chi connectivity index (χ4n) is 2.00. The summed E-state index contributed by atoms with van der Waals surface area (Å²) in [5.41, 5.74) is -0.0868. The number of H-pyrrole nitrogens is 1. The lowest BCUT2D eigenvalue weighted by molar-refractivity contribution is 0.600. The third-order valence-electron chi connectivity index (χ3n) is 3.14. The summed E-state index contributed by atoms with van der Waals surface area (Å²) >= 11 is 29.7. The standard InChI is InChI=1S/C7H4BrClN2S.C7H5BrN2OS.Cl3OP/c1-3-5(8)4-6(9)10-2-11-7(4)12-3;1-3-5(8)4-6(11)9-2-10-7(4)12-3;1-5(2,3)4/h2H,1H3;2H,1H3,(H,9,10,11);. The Kier molecular flexibility index (Phi) is 9.40. The summed E-state index contributed by atoms with van der Waals surface area (Å²) in [7, 11) is 0. The van der Waals surface area contributed by atoms with Gasteiger partial charge in [0, 0.05) is 18.7 Å². The summed E-state index contributed by atoms with van der Waals surface area (Å²) in [6.45, 7) is 3.97. The van der Waals surface area contributed by atoms with Gasteiger partial charge in [-0.25, -0.2) is 15.0 Å². The van der Waals surface area contributed by atoms with Gasteiger partial charge in [0.15, 0.2) is 0 Å². The summed E-state index contributed by atoms with van der Waals surface area (Å²) in [5.74, 6) is 0. The zero-order valence-electron chi connectivity index (χ0n) is 14.3. The molecule has 4 aromatic rings. The maximum absolute atomic E-state index is 11.3. The Labute approximate surface area is 209 Å². The Hall–Kier alpha value is 0.230. The van der Waals surface area contributed by atoms with Crippen molar-refractivity contribution < 1.29 is 4.57 Å². The summed E-state index contributed by atoms with van der Waals surface area (Å²) in [5, 5.41) is -1.14. The van der Waals surface area contributed by atoms with E-state index >= 15 is 0 Å². The van der Waals surface area contributed by atoms with Crippen LogP contribution < -0.4 is 5.56 Å². The number of aromatic nitrogens is 4. The molecule has 0 fully saturated rings. The number of rotatable bonds is 0. The lowest BCUT2D eigenvalue weighted by Gasteiger charge is -1.91. The molecule has 0 aliphatic heterocycles. The van der Waals surface area contributed by atoms with Crippen LogP contribution in [0.15, 0.2) is 26.4 Å². The molecular weight excluding hydrogens is 653 g/mol. The van der Waals surface area contributed by atoms with E-state index in [1.165, 1.54) is 28.9 Å². The van der Waals surface area contributed by atoms with Gasteiger partial charge in [0.1, 0.15) is 21.1 Å². The number of fused-ring (bicyclic) bond motifs is 2. The van der Waals surface area contributed by atoms with Crippen LogP contribution >= 0.6 is 105 Å². The number of halogens is 6. The second kappa shape index (κ2) is 10.7. The highest BCUT2D eigenvalue weighted by molar-refractivity contribution is 9.11. The Morgan fingerprint density at radius 2 is 1.45 bits per heavy atom. The van der Waals surface area contributed by atoms with E-state index in [9.17, 15) is 9.36 Å². The third-order valence-corrected chi connectivity index (χ3v) is 7.96. The Morgan fingerprint density at radius 1 is 0.966 bits per heavy atom. The summed E-state index contributed by atoms with van der Waals surface area (Å²) in [4.78, 5) is 29.9. The van der Waals surface area contributed by atoms with Crippen LogP contribution in [0.2, 0.25) is 5.15 Å². The van der Waals surface area contributed by atoms with Gasteiger partial charge in [-0.1, -0.05) is 11.6 Å². The van der Waals surface area contributed by atoms with E-state index in [0.717, 1.165) is 28.9 Å². The topological polar surface area (TPSA) is 88.6 Å². The first-order valence-corrected chi connectivity index (χ1v) is 15.3. The van der Waals surface area contributed by atoms with E-state index in [-0.39, 0.29) is 5.56 Å². The molecule has 0 unspecified atom stereocenters. The molecular formula is C14H9Br2Cl4N4O2PS2. The van der Waals surface area contributed by atoms with E-state index in [2.05, 4.69) is 85.5 Å². The average molecular weight is 662 g/mol. The van der Waals surface area contributed by atoms with Crippen LogP contribution in [0.4, 0.5) is 0 Å². The minimum Gasteiger partial charge on any atom is -0.313 e. The number of nitrogens with one attached hydrogen (secondary N) is 1. The zero-order chi connectivity index (χ0) is 21.9. The molecule has 0 aliphatic carbocycles. The van der Waals surface area contributed by atoms with Crippen LogP contribution in [-0.4, -0.2) is 19.9 Å². The van der Waals surface area contributed by atoms with Gasteiger partial charge in [0.05, 0.1) is 17.1 Å². The van der Waals surface area contributed by atoms with Gasteiger partial charge in [0.2, 0.25) is 0 Å². The fraction of sp³-hybridized carbons (Fsp3) is 0.143. The number of nitrogens with zero attached hydrogens (tertiary/aromatic N) is 3. The van der Waals surface area contributed by atoms with Gasteiger partial charge >= 0.3 is 5.20 Å². The molecule has 0 aliphatic rings. The summed E-state index contributed by atoms with van der Waals surface area (Å²) < 4.78 is 11.4. The first kappa shape index (κ1) is 25.5. The lowest BCUT2D eigenvalue weighted by Crippen LogP contribution is -2.04. The van der Waals surface area contributed by atoms with Crippen molar-refractivity contribution in [2.24, 2.45) is 0 Å². The maximum atomic E-state index is 11.3. The van der Waals surface area contributed by atoms with Gasteiger partial charge in [0.25, 0.3) is 5.56 Å². The van der Waals surface area contributed by atoms with Crippen LogP contribution in [0.1, 0.15) is 9.75 Å². The van der Waals surface area contributed by atoms with E-state index < -0.39 is 5.20 Å². The number of hydrogen-bond acceptors (Lipinski definition) is 7. The smallest absolute Gasteiger partial charge is 0.313 e. The maximum Gasteiger partial charge on any atom is 0.339 e. The second-order valence-electron chi connectivity index (χ2n) is 5.10. The van der Waals surface area contributed by atoms with Gasteiger partial charge in [-0.15, -0.1) is 22.7 Å². The van der Waals surface area contributed by atoms with Crippen LogP contribution in [0.5, 0.6) is 0 Å². The molecule has 0 bridgehead atoms. The van der Waals surface area contributed by atoms with E-state index in [1.807, 2.05) is 13.8 Å². The second-order valence-corrected chi connectivity index (χ2v) is 16.1. The Balaban J connectivity index is 0.000000170. The van der Waals surface area contributed by atoms with Crippen molar-refractivity contribution in [3.63, 3.8) is 0 Å². The normalized spacial score (nSPS) is 11.0. The van der Waals surface area contributed by atoms with Crippen molar-refractivity contribution >= 4 is 125 Å². The first-order chi connectivity index (χ1) is 13.4. The van der Waals surface area contributed by atoms with E-state index in [4.69, 9.17) is 11.6 Å². The van der Waals surface area contributed by atoms with Crippen LogP contribution in [0.25, 0.3) is 20.4 Å². The zero-order valence-corrected chi connectivity index (χ0v) is 23.1. The van der Waals surface area contributed by atoms with Crippen molar-refractivity contribution in [1.29, 1.82) is 0 Å². The molecule has 15 heteroatoms. The quantitative estimate of drug-likeness (QED) is 0.151. The molecule has 4 heterocycles. The number of aromatic amines is 1. The number of aryl methyl sites for hydroxylation is 2. The molecule has 0 spiro atoms. The molecule has 0 saturated carbocycles. The van der Waals surface area contributed by atoms with Crippen molar-refractivity contribution in [3.05, 3.63) is 46.9 Å². The predicted octanol–water partition coefficient (Wildman–Crippen LogP) is 8.28. The molecule has 0 radical (unpaired) electrons. The van der Waals surface area contributed by atoms with Crippen molar-refractivity contribution in [3.8, 4) is 0 Å². The molecule has 4 aromatic heterocycles. The highest BCUT2D eigenvalue weighted by atomic mass is 79.9. The van der Waals surface area contributed by atoms with Gasteiger partial charge in [-0.3, -0.25) is 9.36 Å². The van der Waals surface area contributed by atoms with E-state index in [0.29, 0.717) is 10.5 Å². The molecule has 6 nitrogen and oxygen atoms in total. The molecule has 29 heavy (non-hydrogen) atoms. The van der Waals surface area contributed by atoms with Crippen LogP contribution in [0, 0.1) is 13.8 Å². The Morgan fingerprint density at radius 3 is 1.93 bits per heavy atom. The molecule has 156 valence electrons. The van der Waals surface area contributed by atoms with Gasteiger partial charge in [-0.2, -0.15) is 0 Å². The van der Waals surface area contributed by atoms with E-state index in [1.54, 1.807) is 11.3 Å². The SMILES string of the molecule is Cc1sc2nc[nH]c(=O)c2c1Br.Cc1sc2ncnc(Cl)c2c1Br.O=P(Cl)(Cl)Cl. The molecule has 0 atom stereocenters. The minimum atomic E-state index is -3.22. The lowest BCUT2D eigenvalue weighted by atomic mass is 10.4. The third kappa shape index (κ3) is 7.12. The monoisotopic (exact) mass is 658 g/mol. The molecule has 1 N–H and O–H groups in total. The minimum absolute atomic E-state index is 0.0868. The van der Waals surface area contributed by atoms with Gasteiger partial charge in [-0.05, 0) is 79.4 Å². The van der Waals surface area contributed by atoms with Crippen LogP contribution in [-0.2, 0) is 4.57 Å². The average Bonchev–Trinajstić information content (AvgIpc) is 3.05. The molecule has 0 saturated heterocycles. The number of hydrogen-bond donors (Lipinski definition) is 1. The van der Waals surface area contributed by atoms with Crippen molar-refractivity contribution in [1.82, 2.24) is 19.9 Å². The van der Waals surface area contributed by atoms with Crippen molar-refractivity contribution in [2.75, 3.05) is 0 Å². The van der Waals surface area contributed by atoms with Crippen molar-refractivity contribution in [2.45, 2.75) is 13.8 Å². The largest absolute Gasteiger partial charge is 0.339 e. The molecule has 0 amide bonds. The Bertz CT molecular complexity index is 1270. The fourth-order valence-corrected chi connectivity index (χ4v) is 5.65. The first-order valence-electron chi connectivity index (χ1n) is 7.26. The van der Waals surface area contributed by atoms with Gasteiger partial charge < -0.3 is 4.98 Å². The highest BCUT2D eigenvalue weighted by Crippen LogP contribution is 2.61.